The Morgan fingerprint density at radius 3 is 2.21 bits per heavy atom. The average Bonchev–Trinajstić information content (AvgIpc) is 2.73. The molecular formula is C24H31ClN2O2. The smallest absolute Gasteiger partial charge is 0.243 e. The van der Waals surface area contributed by atoms with Gasteiger partial charge >= 0.3 is 0 Å². The van der Waals surface area contributed by atoms with Gasteiger partial charge in [0, 0.05) is 24.0 Å². The molecule has 29 heavy (non-hydrogen) atoms. The van der Waals surface area contributed by atoms with E-state index in [1.54, 1.807) is 4.90 Å². The Balaban J connectivity index is 2.19. The number of carbonyl (C=O) groups is 2. The maximum atomic E-state index is 13.2. The molecule has 0 radical (unpaired) electrons. The number of aryl methyl sites for hydroxylation is 1. The second kappa shape index (κ2) is 11.6. The fraction of sp³-hybridized carbons (Fsp3) is 0.417. The summed E-state index contributed by atoms with van der Waals surface area (Å²) in [5.74, 6) is -0.112. The van der Waals surface area contributed by atoms with Crippen LogP contribution in [0.5, 0.6) is 0 Å². The van der Waals surface area contributed by atoms with Crippen LogP contribution in [0.4, 0.5) is 0 Å². The summed E-state index contributed by atoms with van der Waals surface area (Å²) in [6.45, 7) is 6.34. The lowest BCUT2D eigenvalue weighted by Crippen LogP contribution is -2.50. The molecule has 0 fully saturated rings. The zero-order chi connectivity index (χ0) is 21.2. The molecule has 5 heteroatoms. The molecule has 0 spiro atoms. The van der Waals surface area contributed by atoms with E-state index in [1.807, 2.05) is 75.4 Å². The van der Waals surface area contributed by atoms with E-state index in [2.05, 4.69) is 5.32 Å². The maximum Gasteiger partial charge on any atom is 0.243 e. The van der Waals surface area contributed by atoms with E-state index in [0.717, 1.165) is 17.5 Å². The van der Waals surface area contributed by atoms with Gasteiger partial charge < -0.3 is 10.2 Å². The molecule has 156 valence electrons. The van der Waals surface area contributed by atoms with Gasteiger partial charge in [0.25, 0.3) is 0 Å². The van der Waals surface area contributed by atoms with E-state index in [9.17, 15) is 9.59 Å². The van der Waals surface area contributed by atoms with Crippen LogP contribution in [-0.4, -0.2) is 28.8 Å². The van der Waals surface area contributed by atoms with Gasteiger partial charge in [-0.2, -0.15) is 0 Å². The number of hydrogen-bond donors (Lipinski definition) is 1. The van der Waals surface area contributed by atoms with Crippen molar-refractivity contribution >= 4 is 23.4 Å². The Morgan fingerprint density at radius 2 is 1.62 bits per heavy atom. The van der Waals surface area contributed by atoms with Crippen molar-refractivity contribution in [3.8, 4) is 0 Å². The Morgan fingerprint density at radius 1 is 0.966 bits per heavy atom. The van der Waals surface area contributed by atoms with Gasteiger partial charge in [0.1, 0.15) is 6.04 Å². The van der Waals surface area contributed by atoms with E-state index in [4.69, 9.17) is 11.6 Å². The van der Waals surface area contributed by atoms with E-state index >= 15 is 0 Å². The van der Waals surface area contributed by atoms with Gasteiger partial charge in [-0.3, -0.25) is 9.59 Å². The van der Waals surface area contributed by atoms with Gasteiger partial charge in [0.05, 0.1) is 0 Å². The molecule has 0 aliphatic rings. The molecular weight excluding hydrogens is 384 g/mol. The molecule has 1 N–H and O–H groups in total. The van der Waals surface area contributed by atoms with Crippen LogP contribution in [0.1, 0.15) is 51.2 Å². The first kappa shape index (κ1) is 23.0. The van der Waals surface area contributed by atoms with Crippen molar-refractivity contribution in [3.05, 3.63) is 70.7 Å². The molecule has 0 aliphatic heterocycles. The van der Waals surface area contributed by atoms with E-state index < -0.39 is 6.04 Å². The van der Waals surface area contributed by atoms with E-state index in [0.29, 0.717) is 30.8 Å². The third-order valence-corrected chi connectivity index (χ3v) is 5.38. The van der Waals surface area contributed by atoms with Crippen LogP contribution >= 0.6 is 11.6 Å². The zero-order valence-corrected chi connectivity index (χ0v) is 18.3. The molecule has 0 bridgehead atoms. The first-order valence-electron chi connectivity index (χ1n) is 10.3. The first-order chi connectivity index (χ1) is 13.9. The van der Waals surface area contributed by atoms with Crippen molar-refractivity contribution in [3.63, 3.8) is 0 Å². The molecule has 0 heterocycles. The highest BCUT2D eigenvalue weighted by Gasteiger charge is 2.28. The molecule has 0 saturated carbocycles. The molecule has 0 saturated heterocycles. The summed E-state index contributed by atoms with van der Waals surface area (Å²) in [6.07, 6.45) is 2.43. The SMILES string of the molecule is CC[C@H](C(=O)N[C@@H](C)CC)N(Cc1ccc(Cl)cc1)C(=O)CCc1ccccc1. The standard InChI is InChI=1S/C24H31ClN2O2/c1-4-18(3)26-24(29)22(5-2)27(17-20-11-14-21(25)15-12-20)23(28)16-13-19-9-7-6-8-10-19/h6-12,14-15,18,22H,4-5,13,16-17H2,1-3H3,(H,26,29)/t18-,22+/m0/s1. The van der Waals surface area contributed by atoms with Crippen LogP contribution in [-0.2, 0) is 22.6 Å². The molecule has 2 amide bonds. The molecule has 0 unspecified atom stereocenters. The van der Waals surface area contributed by atoms with Crippen LogP contribution in [0.2, 0.25) is 5.02 Å². The Labute approximate surface area is 179 Å². The van der Waals surface area contributed by atoms with Crippen molar-refractivity contribution in [1.82, 2.24) is 10.2 Å². The quantitative estimate of drug-likeness (QED) is 0.595. The lowest BCUT2D eigenvalue weighted by Gasteiger charge is -2.31. The lowest BCUT2D eigenvalue weighted by molar-refractivity contribution is -0.141. The zero-order valence-electron chi connectivity index (χ0n) is 17.5. The summed E-state index contributed by atoms with van der Waals surface area (Å²) in [7, 11) is 0. The van der Waals surface area contributed by atoms with Crippen LogP contribution in [0.15, 0.2) is 54.6 Å². The summed E-state index contributed by atoms with van der Waals surface area (Å²) in [4.78, 5) is 27.8. The summed E-state index contributed by atoms with van der Waals surface area (Å²) in [5, 5.41) is 3.68. The number of carbonyl (C=O) groups excluding carboxylic acids is 2. The van der Waals surface area contributed by atoms with Crippen LogP contribution in [0.3, 0.4) is 0 Å². The molecule has 0 aromatic heterocycles. The van der Waals surface area contributed by atoms with Gasteiger partial charge in [-0.1, -0.05) is 67.9 Å². The fourth-order valence-electron chi connectivity index (χ4n) is 3.19. The van der Waals surface area contributed by atoms with Crippen LogP contribution < -0.4 is 5.32 Å². The molecule has 2 rings (SSSR count). The monoisotopic (exact) mass is 414 g/mol. The lowest BCUT2D eigenvalue weighted by atomic mass is 10.1. The highest BCUT2D eigenvalue weighted by Crippen LogP contribution is 2.17. The fourth-order valence-corrected chi connectivity index (χ4v) is 3.31. The van der Waals surface area contributed by atoms with Crippen molar-refractivity contribution in [1.29, 1.82) is 0 Å². The van der Waals surface area contributed by atoms with Crippen molar-refractivity contribution in [2.45, 2.75) is 65.1 Å². The second-order valence-electron chi connectivity index (χ2n) is 7.38. The number of nitrogens with one attached hydrogen (secondary N) is 1. The minimum absolute atomic E-state index is 0.0186. The molecule has 2 atom stereocenters. The van der Waals surface area contributed by atoms with Gasteiger partial charge in [-0.05, 0) is 49.4 Å². The largest absolute Gasteiger partial charge is 0.352 e. The number of hydrogen-bond acceptors (Lipinski definition) is 2. The van der Waals surface area contributed by atoms with Gasteiger partial charge in [0.15, 0.2) is 0 Å². The van der Waals surface area contributed by atoms with Crippen molar-refractivity contribution < 1.29 is 9.59 Å². The Bertz CT molecular complexity index is 777. The van der Waals surface area contributed by atoms with E-state index in [1.165, 1.54) is 0 Å². The number of benzene rings is 2. The molecule has 4 nitrogen and oxygen atoms in total. The third kappa shape index (κ3) is 7.21. The van der Waals surface area contributed by atoms with Gasteiger partial charge in [-0.15, -0.1) is 0 Å². The summed E-state index contributed by atoms with van der Waals surface area (Å²) in [6, 6.07) is 16.9. The van der Waals surface area contributed by atoms with Crippen molar-refractivity contribution in [2.75, 3.05) is 0 Å². The number of halogens is 1. The average molecular weight is 415 g/mol. The minimum Gasteiger partial charge on any atom is -0.352 e. The van der Waals surface area contributed by atoms with Crippen LogP contribution in [0, 0.1) is 0 Å². The van der Waals surface area contributed by atoms with Crippen LogP contribution in [0.25, 0.3) is 0 Å². The number of amides is 2. The predicted molar refractivity (Wildman–Crippen MR) is 119 cm³/mol. The minimum atomic E-state index is -0.497. The molecule has 2 aromatic carbocycles. The number of rotatable bonds is 10. The third-order valence-electron chi connectivity index (χ3n) is 5.12. The van der Waals surface area contributed by atoms with Crippen molar-refractivity contribution in [2.24, 2.45) is 0 Å². The second-order valence-corrected chi connectivity index (χ2v) is 7.81. The normalized spacial score (nSPS) is 12.8. The Hall–Kier alpha value is -2.33. The van der Waals surface area contributed by atoms with Gasteiger partial charge in [-0.25, -0.2) is 0 Å². The Kier molecular flexibility index (Phi) is 9.20. The molecule has 2 aromatic rings. The summed E-state index contributed by atoms with van der Waals surface area (Å²) >= 11 is 6.00. The van der Waals surface area contributed by atoms with E-state index in [-0.39, 0.29) is 17.9 Å². The number of nitrogens with zero attached hydrogens (tertiary/aromatic N) is 1. The highest BCUT2D eigenvalue weighted by molar-refractivity contribution is 6.30. The van der Waals surface area contributed by atoms with Gasteiger partial charge in [0.2, 0.25) is 11.8 Å². The summed E-state index contributed by atoms with van der Waals surface area (Å²) < 4.78 is 0. The predicted octanol–water partition coefficient (Wildman–Crippen LogP) is 4.99. The first-order valence-corrected chi connectivity index (χ1v) is 10.7. The maximum absolute atomic E-state index is 13.2. The highest BCUT2D eigenvalue weighted by atomic mass is 35.5. The topological polar surface area (TPSA) is 49.4 Å². The summed E-state index contributed by atoms with van der Waals surface area (Å²) in [5.41, 5.74) is 2.07. The molecule has 0 aliphatic carbocycles.